The van der Waals surface area contributed by atoms with Crippen molar-refractivity contribution in [2.24, 2.45) is 11.7 Å². The van der Waals surface area contributed by atoms with Gasteiger partial charge in [0, 0.05) is 18.2 Å². The van der Waals surface area contributed by atoms with Crippen LogP contribution < -0.4 is 10.5 Å². The minimum absolute atomic E-state index is 0.389. The van der Waals surface area contributed by atoms with Gasteiger partial charge in [0.15, 0.2) is 0 Å². The molecule has 1 aliphatic heterocycles. The van der Waals surface area contributed by atoms with E-state index in [9.17, 15) is 0 Å². The molecule has 2 aromatic rings. The number of hydrogen-bond donors (Lipinski definition) is 1. The molecule has 1 aromatic carbocycles. The van der Waals surface area contributed by atoms with Crippen molar-refractivity contribution >= 4 is 0 Å². The minimum Gasteiger partial charge on any atom is -0.497 e. The predicted molar refractivity (Wildman–Crippen MR) is 87.9 cm³/mol. The number of ether oxygens (including phenoxy) is 1. The van der Waals surface area contributed by atoms with Crippen LogP contribution >= 0.6 is 0 Å². The predicted octanol–water partition coefficient (Wildman–Crippen LogP) is 2.30. The Bertz CT molecular complexity index is 626. The summed E-state index contributed by atoms with van der Waals surface area (Å²) in [6.45, 7) is 4.63. The fraction of sp³-hybridized carbons (Fsp3) is 0.529. The maximum absolute atomic E-state index is 5.94. The van der Waals surface area contributed by atoms with Crippen molar-refractivity contribution in [2.45, 2.75) is 32.4 Å². The number of methoxy groups -OCH3 is 1. The first-order valence-electron chi connectivity index (χ1n) is 8.12. The third kappa shape index (κ3) is 3.54. The number of benzene rings is 1. The first kappa shape index (κ1) is 16.0. The van der Waals surface area contributed by atoms with E-state index in [1.54, 1.807) is 7.11 Å². The summed E-state index contributed by atoms with van der Waals surface area (Å²) in [5.41, 5.74) is 6.86. The largest absolute Gasteiger partial charge is 0.497 e. The van der Waals surface area contributed by atoms with E-state index >= 15 is 0 Å². The van der Waals surface area contributed by atoms with E-state index < -0.39 is 0 Å². The smallest absolute Gasteiger partial charge is 0.241 e. The van der Waals surface area contributed by atoms with Gasteiger partial charge in [-0.2, -0.15) is 4.98 Å². The molecular weight excluding hydrogens is 292 g/mol. The Morgan fingerprint density at radius 1 is 1.35 bits per heavy atom. The van der Waals surface area contributed by atoms with Gasteiger partial charge in [-0.3, -0.25) is 4.90 Å². The Morgan fingerprint density at radius 3 is 2.83 bits per heavy atom. The summed E-state index contributed by atoms with van der Waals surface area (Å²) in [7, 11) is 1.65. The molecule has 0 radical (unpaired) electrons. The van der Waals surface area contributed by atoms with Gasteiger partial charge in [0.25, 0.3) is 0 Å². The van der Waals surface area contributed by atoms with Crippen molar-refractivity contribution in [1.29, 1.82) is 0 Å². The standard InChI is InChI=1S/C17H24N4O2/c1-12-4-3-9-21(15(12)10-18)11-16-19-17(20-23-16)13-5-7-14(22-2)8-6-13/h5-8,12,15H,3-4,9-11,18H2,1-2H3. The van der Waals surface area contributed by atoms with Gasteiger partial charge in [-0.15, -0.1) is 0 Å². The van der Waals surface area contributed by atoms with Crippen LogP contribution in [-0.4, -0.2) is 41.3 Å². The highest BCUT2D eigenvalue weighted by molar-refractivity contribution is 5.55. The monoisotopic (exact) mass is 316 g/mol. The van der Waals surface area contributed by atoms with Crippen LogP contribution in [0.2, 0.25) is 0 Å². The van der Waals surface area contributed by atoms with Crippen molar-refractivity contribution in [3.63, 3.8) is 0 Å². The summed E-state index contributed by atoms with van der Waals surface area (Å²) < 4.78 is 10.6. The maximum Gasteiger partial charge on any atom is 0.241 e. The highest BCUT2D eigenvalue weighted by atomic mass is 16.5. The summed E-state index contributed by atoms with van der Waals surface area (Å²) >= 11 is 0. The molecule has 2 N–H and O–H groups in total. The van der Waals surface area contributed by atoms with E-state index in [1.165, 1.54) is 12.8 Å². The molecule has 2 unspecified atom stereocenters. The van der Waals surface area contributed by atoms with Crippen LogP contribution in [0.3, 0.4) is 0 Å². The molecule has 23 heavy (non-hydrogen) atoms. The molecule has 0 amide bonds. The summed E-state index contributed by atoms with van der Waals surface area (Å²) in [4.78, 5) is 6.88. The Balaban J connectivity index is 1.71. The van der Waals surface area contributed by atoms with Crippen LogP contribution in [0.25, 0.3) is 11.4 Å². The first-order chi connectivity index (χ1) is 11.2. The quantitative estimate of drug-likeness (QED) is 0.912. The zero-order valence-electron chi connectivity index (χ0n) is 13.7. The Labute approximate surface area is 136 Å². The van der Waals surface area contributed by atoms with Crippen LogP contribution in [0.4, 0.5) is 0 Å². The molecule has 2 atom stereocenters. The lowest BCUT2D eigenvalue weighted by Crippen LogP contribution is -2.48. The van der Waals surface area contributed by atoms with Gasteiger partial charge < -0.3 is 15.0 Å². The highest BCUT2D eigenvalue weighted by Gasteiger charge is 2.28. The number of likely N-dealkylation sites (tertiary alicyclic amines) is 1. The van der Waals surface area contributed by atoms with Crippen molar-refractivity contribution in [3.05, 3.63) is 30.2 Å². The van der Waals surface area contributed by atoms with E-state index in [4.69, 9.17) is 15.0 Å². The van der Waals surface area contributed by atoms with Gasteiger partial charge >= 0.3 is 0 Å². The Morgan fingerprint density at radius 2 is 2.13 bits per heavy atom. The third-order valence-electron chi connectivity index (χ3n) is 4.63. The Kier molecular flexibility index (Phi) is 4.93. The van der Waals surface area contributed by atoms with Crippen LogP contribution in [0.1, 0.15) is 25.7 Å². The topological polar surface area (TPSA) is 77.4 Å². The molecule has 0 saturated carbocycles. The zero-order chi connectivity index (χ0) is 16.2. The van der Waals surface area contributed by atoms with Gasteiger partial charge in [-0.05, 0) is 49.6 Å². The molecule has 3 rings (SSSR count). The number of rotatable bonds is 5. The summed E-state index contributed by atoms with van der Waals surface area (Å²) in [6.07, 6.45) is 2.43. The van der Waals surface area contributed by atoms with Crippen molar-refractivity contribution in [1.82, 2.24) is 15.0 Å². The van der Waals surface area contributed by atoms with Crippen LogP contribution in [0, 0.1) is 5.92 Å². The lowest BCUT2D eigenvalue weighted by atomic mass is 9.91. The molecule has 124 valence electrons. The molecular formula is C17H24N4O2. The molecule has 1 aromatic heterocycles. The number of aromatic nitrogens is 2. The summed E-state index contributed by atoms with van der Waals surface area (Å²) in [5.74, 6) is 2.67. The SMILES string of the molecule is COc1ccc(-c2noc(CN3CCCC(C)C3CN)n2)cc1. The third-order valence-corrected chi connectivity index (χ3v) is 4.63. The molecule has 6 nitrogen and oxygen atoms in total. The number of nitrogens with two attached hydrogens (primary N) is 1. The second kappa shape index (κ2) is 7.10. The van der Waals surface area contributed by atoms with Crippen LogP contribution in [-0.2, 0) is 6.54 Å². The van der Waals surface area contributed by atoms with Gasteiger partial charge in [0.1, 0.15) is 5.75 Å². The van der Waals surface area contributed by atoms with E-state index in [-0.39, 0.29) is 0 Å². The van der Waals surface area contributed by atoms with E-state index in [2.05, 4.69) is 22.0 Å². The molecule has 6 heteroatoms. The molecule has 1 saturated heterocycles. The van der Waals surface area contributed by atoms with Crippen LogP contribution in [0.5, 0.6) is 5.75 Å². The molecule has 0 aliphatic carbocycles. The second-order valence-electron chi connectivity index (χ2n) is 6.13. The number of hydrogen-bond acceptors (Lipinski definition) is 6. The summed E-state index contributed by atoms with van der Waals surface area (Å²) in [6, 6.07) is 8.03. The highest BCUT2D eigenvalue weighted by Crippen LogP contribution is 2.25. The summed E-state index contributed by atoms with van der Waals surface area (Å²) in [5, 5.41) is 4.09. The average molecular weight is 316 g/mol. The number of nitrogens with zero attached hydrogens (tertiary/aromatic N) is 3. The minimum atomic E-state index is 0.389. The van der Waals surface area contributed by atoms with Gasteiger partial charge in [0.05, 0.1) is 13.7 Å². The van der Waals surface area contributed by atoms with Crippen molar-refractivity contribution < 1.29 is 9.26 Å². The van der Waals surface area contributed by atoms with Gasteiger partial charge in [0.2, 0.25) is 11.7 Å². The Hall–Kier alpha value is -1.92. The van der Waals surface area contributed by atoms with Crippen molar-refractivity contribution in [2.75, 3.05) is 20.2 Å². The van der Waals surface area contributed by atoms with Gasteiger partial charge in [-0.25, -0.2) is 0 Å². The normalized spacial score (nSPS) is 22.2. The maximum atomic E-state index is 5.94. The van der Waals surface area contributed by atoms with E-state index in [1.807, 2.05) is 24.3 Å². The second-order valence-corrected chi connectivity index (χ2v) is 6.13. The average Bonchev–Trinajstić information content (AvgIpc) is 3.04. The lowest BCUT2D eigenvalue weighted by molar-refractivity contribution is 0.0874. The molecule has 0 spiro atoms. The zero-order valence-corrected chi connectivity index (χ0v) is 13.7. The van der Waals surface area contributed by atoms with E-state index in [0.29, 0.717) is 36.8 Å². The first-order valence-corrected chi connectivity index (χ1v) is 8.12. The lowest BCUT2D eigenvalue weighted by Gasteiger charge is -2.38. The molecule has 1 fully saturated rings. The van der Waals surface area contributed by atoms with Crippen molar-refractivity contribution in [3.8, 4) is 17.1 Å². The van der Waals surface area contributed by atoms with E-state index in [0.717, 1.165) is 17.9 Å². The van der Waals surface area contributed by atoms with Crippen LogP contribution in [0.15, 0.2) is 28.8 Å². The molecule has 2 heterocycles. The number of piperidine rings is 1. The fourth-order valence-corrected chi connectivity index (χ4v) is 3.26. The fourth-order valence-electron chi connectivity index (χ4n) is 3.26. The molecule has 1 aliphatic rings. The molecule has 0 bridgehead atoms. The van der Waals surface area contributed by atoms with Gasteiger partial charge in [-0.1, -0.05) is 12.1 Å².